The number of amides is 1. The zero-order valence-corrected chi connectivity index (χ0v) is 17.1. The molecule has 0 radical (unpaired) electrons. The number of nitrogens with one attached hydrogen (secondary N) is 1. The third-order valence-electron chi connectivity index (χ3n) is 5.45. The fraction of sp³-hybridized carbons (Fsp3) is 0.217. The number of aromatic nitrogens is 3. The number of para-hydroxylation sites is 1. The summed E-state index contributed by atoms with van der Waals surface area (Å²) in [5.41, 5.74) is 5.94. The minimum absolute atomic E-state index is 0.157. The number of carbonyl (C=O) groups is 1. The standard InChI is InChI=1S/C23H22N4OS/c1-16-5-4-6-17(13-16)27-12-10-24-23(27)29-15-22(28)26-11-9-21-19(14-26)18-7-2-3-8-20(18)25-21/h2-8,10,12-13,25H,9,11,14-15H2,1H3. The Labute approximate surface area is 173 Å². The maximum atomic E-state index is 12.9. The van der Waals surface area contributed by atoms with Crippen molar-refractivity contribution < 1.29 is 4.79 Å². The summed E-state index contributed by atoms with van der Waals surface area (Å²) in [6, 6.07) is 16.6. The topological polar surface area (TPSA) is 53.9 Å². The lowest BCUT2D eigenvalue weighted by atomic mass is 10.0. The number of hydrogen-bond donors (Lipinski definition) is 1. The number of H-pyrrole nitrogens is 1. The van der Waals surface area contributed by atoms with Gasteiger partial charge in [0.25, 0.3) is 0 Å². The highest BCUT2D eigenvalue weighted by Gasteiger charge is 2.24. The Morgan fingerprint density at radius 2 is 2.10 bits per heavy atom. The van der Waals surface area contributed by atoms with Crippen molar-refractivity contribution in [2.24, 2.45) is 0 Å². The van der Waals surface area contributed by atoms with Crippen molar-refractivity contribution in [3.63, 3.8) is 0 Å². The van der Waals surface area contributed by atoms with E-state index in [1.807, 2.05) is 27.8 Å². The van der Waals surface area contributed by atoms with E-state index < -0.39 is 0 Å². The van der Waals surface area contributed by atoms with Crippen molar-refractivity contribution in [2.45, 2.75) is 25.0 Å². The number of nitrogens with zero attached hydrogens (tertiary/aromatic N) is 3. The van der Waals surface area contributed by atoms with Gasteiger partial charge in [-0.3, -0.25) is 9.36 Å². The molecule has 0 saturated heterocycles. The average Bonchev–Trinajstić information content (AvgIpc) is 3.36. The first kappa shape index (κ1) is 18.1. The molecule has 0 aliphatic carbocycles. The summed E-state index contributed by atoms with van der Waals surface area (Å²) in [6.07, 6.45) is 4.60. The zero-order chi connectivity index (χ0) is 19.8. The third kappa shape index (κ3) is 3.44. The first-order valence-electron chi connectivity index (χ1n) is 9.78. The molecule has 1 aliphatic heterocycles. The molecule has 0 spiro atoms. The molecule has 1 aliphatic rings. The first-order valence-corrected chi connectivity index (χ1v) is 10.8. The van der Waals surface area contributed by atoms with Gasteiger partial charge in [-0.1, -0.05) is 42.1 Å². The summed E-state index contributed by atoms with van der Waals surface area (Å²) < 4.78 is 2.04. The Hall–Kier alpha value is -2.99. The number of carbonyl (C=O) groups excluding carboxylic acids is 1. The predicted molar refractivity (Wildman–Crippen MR) is 116 cm³/mol. The highest BCUT2D eigenvalue weighted by atomic mass is 32.2. The van der Waals surface area contributed by atoms with Gasteiger partial charge >= 0.3 is 0 Å². The van der Waals surface area contributed by atoms with Crippen LogP contribution in [0.3, 0.4) is 0 Å². The molecule has 1 N–H and O–H groups in total. The van der Waals surface area contributed by atoms with Gasteiger partial charge in [0.1, 0.15) is 0 Å². The first-order chi connectivity index (χ1) is 14.2. The summed E-state index contributed by atoms with van der Waals surface area (Å²) in [4.78, 5) is 22.9. The Morgan fingerprint density at radius 3 is 3.00 bits per heavy atom. The van der Waals surface area contributed by atoms with Crippen LogP contribution in [0.2, 0.25) is 0 Å². The quantitative estimate of drug-likeness (QED) is 0.517. The molecule has 0 bridgehead atoms. The second kappa shape index (κ2) is 7.44. The number of hydrogen-bond acceptors (Lipinski definition) is 3. The van der Waals surface area contributed by atoms with E-state index in [1.165, 1.54) is 34.0 Å². The molecule has 0 atom stereocenters. The maximum Gasteiger partial charge on any atom is 0.233 e. The van der Waals surface area contributed by atoms with Gasteiger partial charge in [0.05, 0.1) is 5.75 Å². The highest BCUT2D eigenvalue weighted by molar-refractivity contribution is 7.99. The molecule has 5 nitrogen and oxygen atoms in total. The van der Waals surface area contributed by atoms with Crippen LogP contribution in [0.4, 0.5) is 0 Å². The van der Waals surface area contributed by atoms with Crippen LogP contribution in [0.5, 0.6) is 0 Å². The number of imidazole rings is 1. The number of rotatable bonds is 4. The van der Waals surface area contributed by atoms with E-state index in [4.69, 9.17) is 0 Å². The maximum absolute atomic E-state index is 12.9. The van der Waals surface area contributed by atoms with Crippen molar-refractivity contribution in [1.29, 1.82) is 0 Å². The van der Waals surface area contributed by atoms with E-state index in [9.17, 15) is 4.79 Å². The lowest BCUT2D eigenvalue weighted by Crippen LogP contribution is -2.36. The SMILES string of the molecule is Cc1cccc(-n2ccnc2SCC(=O)N2CCc3[nH]c4ccccc4c3C2)c1. The molecule has 1 amide bonds. The Kier molecular flexibility index (Phi) is 4.64. The minimum Gasteiger partial charge on any atom is -0.358 e. The van der Waals surface area contributed by atoms with Crippen molar-refractivity contribution in [2.75, 3.05) is 12.3 Å². The van der Waals surface area contributed by atoms with Crippen LogP contribution in [0, 0.1) is 6.92 Å². The van der Waals surface area contributed by atoms with Gasteiger partial charge in [0.2, 0.25) is 5.91 Å². The van der Waals surface area contributed by atoms with Crippen LogP contribution >= 0.6 is 11.8 Å². The summed E-state index contributed by atoms with van der Waals surface area (Å²) in [5, 5.41) is 2.07. The van der Waals surface area contributed by atoms with Gasteiger partial charge in [-0.15, -0.1) is 0 Å². The lowest BCUT2D eigenvalue weighted by molar-refractivity contribution is -0.129. The van der Waals surface area contributed by atoms with Crippen molar-refractivity contribution >= 4 is 28.6 Å². The molecule has 146 valence electrons. The molecule has 0 unspecified atom stereocenters. The number of thioether (sulfide) groups is 1. The van der Waals surface area contributed by atoms with Crippen LogP contribution in [0.15, 0.2) is 66.1 Å². The Bertz CT molecular complexity index is 1190. The summed E-state index contributed by atoms with van der Waals surface area (Å²) >= 11 is 1.50. The zero-order valence-electron chi connectivity index (χ0n) is 16.3. The van der Waals surface area contributed by atoms with E-state index >= 15 is 0 Å². The average molecular weight is 403 g/mol. The van der Waals surface area contributed by atoms with E-state index in [1.54, 1.807) is 6.20 Å². The third-order valence-corrected chi connectivity index (χ3v) is 6.40. The highest BCUT2D eigenvalue weighted by Crippen LogP contribution is 2.28. The largest absolute Gasteiger partial charge is 0.358 e. The van der Waals surface area contributed by atoms with Crippen LogP contribution in [-0.4, -0.2) is 37.6 Å². The van der Waals surface area contributed by atoms with Gasteiger partial charge in [0, 0.05) is 59.8 Å². The predicted octanol–water partition coefficient (Wildman–Crippen LogP) is 4.34. The molecule has 3 heterocycles. The second-order valence-corrected chi connectivity index (χ2v) is 8.34. The van der Waals surface area contributed by atoms with Gasteiger partial charge in [0.15, 0.2) is 5.16 Å². The monoisotopic (exact) mass is 402 g/mol. The number of aromatic amines is 1. The molecule has 5 rings (SSSR count). The van der Waals surface area contributed by atoms with E-state index in [2.05, 4.69) is 53.3 Å². The molecule has 0 saturated carbocycles. The Morgan fingerprint density at radius 1 is 1.21 bits per heavy atom. The van der Waals surface area contributed by atoms with Crippen molar-refractivity contribution in [3.05, 3.63) is 77.7 Å². The molecule has 2 aromatic carbocycles. The fourth-order valence-corrected chi connectivity index (χ4v) is 4.84. The molecule has 6 heteroatoms. The second-order valence-electron chi connectivity index (χ2n) is 7.40. The van der Waals surface area contributed by atoms with Gasteiger partial charge < -0.3 is 9.88 Å². The van der Waals surface area contributed by atoms with E-state index in [-0.39, 0.29) is 5.91 Å². The molecule has 4 aromatic rings. The van der Waals surface area contributed by atoms with Gasteiger partial charge in [-0.05, 0) is 30.7 Å². The number of aryl methyl sites for hydroxylation is 1. The van der Waals surface area contributed by atoms with Gasteiger partial charge in [-0.25, -0.2) is 4.98 Å². The summed E-state index contributed by atoms with van der Waals surface area (Å²) in [6.45, 7) is 3.50. The minimum atomic E-state index is 0.157. The number of fused-ring (bicyclic) bond motifs is 3. The molecule has 2 aromatic heterocycles. The Balaban J connectivity index is 1.30. The summed E-state index contributed by atoms with van der Waals surface area (Å²) in [7, 11) is 0. The van der Waals surface area contributed by atoms with E-state index in [0.717, 1.165) is 29.3 Å². The number of benzene rings is 2. The fourth-order valence-electron chi connectivity index (χ4n) is 3.97. The van der Waals surface area contributed by atoms with Crippen LogP contribution in [0.1, 0.15) is 16.8 Å². The van der Waals surface area contributed by atoms with Crippen LogP contribution < -0.4 is 0 Å². The van der Waals surface area contributed by atoms with Crippen molar-refractivity contribution in [3.8, 4) is 5.69 Å². The lowest BCUT2D eigenvalue weighted by Gasteiger charge is -2.27. The van der Waals surface area contributed by atoms with Gasteiger partial charge in [-0.2, -0.15) is 0 Å². The van der Waals surface area contributed by atoms with Crippen molar-refractivity contribution in [1.82, 2.24) is 19.4 Å². The molecule has 29 heavy (non-hydrogen) atoms. The van der Waals surface area contributed by atoms with E-state index in [0.29, 0.717) is 12.3 Å². The van der Waals surface area contributed by atoms with Crippen LogP contribution in [0.25, 0.3) is 16.6 Å². The molecular weight excluding hydrogens is 380 g/mol. The molecular formula is C23H22N4OS. The normalized spacial score (nSPS) is 13.6. The molecule has 0 fully saturated rings. The van der Waals surface area contributed by atoms with Crippen LogP contribution in [-0.2, 0) is 17.8 Å². The summed E-state index contributed by atoms with van der Waals surface area (Å²) in [5.74, 6) is 0.547. The smallest absolute Gasteiger partial charge is 0.233 e.